The van der Waals surface area contributed by atoms with Crippen LogP contribution in [0.15, 0.2) is 53.9 Å². The summed E-state index contributed by atoms with van der Waals surface area (Å²) in [5.41, 5.74) is 0.572. The van der Waals surface area contributed by atoms with Crippen molar-refractivity contribution in [1.82, 2.24) is 15.3 Å². The molecule has 0 aliphatic carbocycles. The number of thioether (sulfide) groups is 1. The van der Waals surface area contributed by atoms with Gasteiger partial charge in [-0.15, -0.1) is 11.8 Å². The van der Waals surface area contributed by atoms with Crippen molar-refractivity contribution in [2.75, 3.05) is 5.88 Å². The minimum Gasteiger partial charge on any atom is -0.343 e. The molecule has 17 heavy (non-hydrogen) atoms. The highest BCUT2D eigenvalue weighted by molar-refractivity contribution is 7.99. The molecular formula is C12H11N3OS. The van der Waals surface area contributed by atoms with Crippen molar-refractivity contribution in [1.29, 1.82) is 0 Å². The zero-order valence-electron chi connectivity index (χ0n) is 9.04. The molecule has 5 heteroatoms. The van der Waals surface area contributed by atoms with E-state index in [1.807, 2.05) is 12.1 Å². The summed E-state index contributed by atoms with van der Waals surface area (Å²) >= 11 is 1.55. The van der Waals surface area contributed by atoms with Crippen LogP contribution in [0.4, 0.5) is 0 Å². The summed E-state index contributed by atoms with van der Waals surface area (Å²) in [5, 5.41) is 2.81. The number of amides is 1. The van der Waals surface area contributed by atoms with Crippen molar-refractivity contribution in [3.05, 3.63) is 54.6 Å². The molecule has 86 valence electrons. The Labute approximate surface area is 103 Å². The third kappa shape index (κ3) is 3.57. The Morgan fingerprint density at radius 3 is 2.71 bits per heavy atom. The quantitative estimate of drug-likeness (QED) is 0.661. The van der Waals surface area contributed by atoms with Crippen molar-refractivity contribution in [2.24, 2.45) is 0 Å². The van der Waals surface area contributed by atoms with E-state index in [2.05, 4.69) is 15.3 Å². The van der Waals surface area contributed by atoms with E-state index in [0.29, 0.717) is 11.4 Å². The Morgan fingerprint density at radius 2 is 2.00 bits per heavy atom. The summed E-state index contributed by atoms with van der Waals surface area (Å²) in [5.74, 6) is 0.414. The number of nitrogens with zero attached hydrogens (tertiary/aromatic N) is 2. The largest absolute Gasteiger partial charge is 0.343 e. The fourth-order valence-electron chi connectivity index (χ4n) is 1.22. The predicted octanol–water partition coefficient (Wildman–Crippen LogP) is 1.96. The van der Waals surface area contributed by atoms with Gasteiger partial charge in [-0.25, -0.2) is 0 Å². The number of carbonyl (C=O) groups is 1. The molecule has 0 bridgehead atoms. The highest BCUT2D eigenvalue weighted by Gasteiger charge is 2.03. The fraction of sp³-hybridized carbons (Fsp3) is 0.0833. The van der Waals surface area contributed by atoms with Gasteiger partial charge in [0.1, 0.15) is 0 Å². The summed E-state index contributed by atoms with van der Waals surface area (Å²) in [6.45, 7) is 0. The molecule has 0 aromatic carbocycles. The summed E-state index contributed by atoms with van der Waals surface area (Å²) in [6, 6.07) is 7.28. The van der Waals surface area contributed by atoms with Crippen molar-refractivity contribution in [3.8, 4) is 0 Å². The van der Waals surface area contributed by atoms with Gasteiger partial charge in [0.25, 0.3) is 5.91 Å². The van der Waals surface area contributed by atoms with Crippen LogP contribution < -0.4 is 5.32 Å². The molecule has 2 rings (SSSR count). The lowest BCUT2D eigenvalue weighted by Gasteiger charge is -2.04. The molecule has 1 N–H and O–H groups in total. The van der Waals surface area contributed by atoms with E-state index in [1.165, 1.54) is 0 Å². The van der Waals surface area contributed by atoms with Crippen molar-refractivity contribution < 1.29 is 4.79 Å². The van der Waals surface area contributed by atoms with Crippen LogP contribution >= 0.6 is 11.8 Å². The molecule has 0 atom stereocenters. The minimum absolute atomic E-state index is 0.111. The number of nitrogens with one attached hydrogen (secondary N) is 1. The lowest BCUT2D eigenvalue weighted by atomic mass is 10.3. The third-order valence-corrected chi connectivity index (χ3v) is 2.94. The van der Waals surface area contributed by atoms with E-state index in [-0.39, 0.29) is 5.91 Å². The van der Waals surface area contributed by atoms with Crippen molar-refractivity contribution in [2.45, 2.75) is 4.90 Å². The monoisotopic (exact) mass is 245 g/mol. The van der Waals surface area contributed by atoms with E-state index in [0.717, 1.165) is 4.90 Å². The first-order chi connectivity index (χ1) is 8.36. The fourth-order valence-corrected chi connectivity index (χ4v) is 1.90. The van der Waals surface area contributed by atoms with Gasteiger partial charge in [0.15, 0.2) is 0 Å². The lowest BCUT2D eigenvalue weighted by Crippen LogP contribution is -2.22. The number of hydrogen-bond acceptors (Lipinski definition) is 4. The molecule has 1 amide bonds. The first kappa shape index (κ1) is 11.6. The normalized spacial score (nSPS) is 9.88. The molecule has 0 saturated heterocycles. The Kier molecular flexibility index (Phi) is 4.10. The van der Waals surface area contributed by atoms with E-state index < -0.39 is 0 Å². The van der Waals surface area contributed by atoms with Gasteiger partial charge in [-0.05, 0) is 24.3 Å². The first-order valence-electron chi connectivity index (χ1n) is 5.07. The maximum atomic E-state index is 11.7. The van der Waals surface area contributed by atoms with Crippen LogP contribution in [0.1, 0.15) is 10.4 Å². The van der Waals surface area contributed by atoms with Gasteiger partial charge in [-0.2, -0.15) is 0 Å². The summed E-state index contributed by atoms with van der Waals surface area (Å²) in [4.78, 5) is 20.6. The smallest absolute Gasteiger partial charge is 0.253 e. The molecule has 0 aliphatic rings. The van der Waals surface area contributed by atoms with Crippen LogP contribution in [0.5, 0.6) is 0 Å². The zero-order valence-corrected chi connectivity index (χ0v) is 9.85. The Morgan fingerprint density at radius 1 is 1.18 bits per heavy atom. The topological polar surface area (TPSA) is 54.9 Å². The second-order valence-corrected chi connectivity index (χ2v) is 4.27. The van der Waals surface area contributed by atoms with Crippen LogP contribution in [-0.4, -0.2) is 21.8 Å². The van der Waals surface area contributed by atoms with Gasteiger partial charge in [0, 0.05) is 29.7 Å². The summed E-state index contributed by atoms with van der Waals surface area (Å²) < 4.78 is 0. The van der Waals surface area contributed by atoms with E-state index in [9.17, 15) is 4.79 Å². The predicted molar refractivity (Wildman–Crippen MR) is 66.7 cm³/mol. The van der Waals surface area contributed by atoms with Crippen LogP contribution in [0, 0.1) is 0 Å². The molecule has 0 saturated carbocycles. The van der Waals surface area contributed by atoms with Gasteiger partial charge in [-0.1, -0.05) is 0 Å². The molecule has 2 aromatic rings. The number of rotatable bonds is 4. The average molecular weight is 245 g/mol. The number of hydrogen-bond donors (Lipinski definition) is 1. The van der Waals surface area contributed by atoms with Gasteiger partial charge in [0.05, 0.1) is 11.4 Å². The Balaban J connectivity index is 1.82. The number of pyridine rings is 2. The Hall–Kier alpha value is -1.88. The van der Waals surface area contributed by atoms with E-state index >= 15 is 0 Å². The van der Waals surface area contributed by atoms with Gasteiger partial charge in [0.2, 0.25) is 0 Å². The molecule has 2 heterocycles. The highest BCUT2D eigenvalue weighted by Crippen LogP contribution is 2.14. The maximum absolute atomic E-state index is 11.7. The van der Waals surface area contributed by atoms with Crippen molar-refractivity contribution >= 4 is 17.7 Å². The highest BCUT2D eigenvalue weighted by atomic mass is 32.2. The van der Waals surface area contributed by atoms with Gasteiger partial charge < -0.3 is 5.32 Å². The van der Waals surface area contributed by atoms with Crippen LogP contribution in [0.25, 0.3) is 0 Å². The second-order valence-electron chi connectivity index (χ2n) is 3.22. The molecule has 2 aromatic heterocycles. The summed E-state index contributed by atoms with van der Waals surface area (Å²) in [7, 11) is 0. The van der Waals surface area contributed by atoms with Crippen molar-refractivity contribution in [3.63, 3.8) is 0 Å². The van der Waals surface area contributed by atoms with E-state index in [1.54, 1.807) is 48.7 Å². The molecule has 0 unspecified atom stereocenters. The standard InChI is InChI=1S/C12H11N3OS/c16-12(10-2-1-5-14-8-10)15-9-17-11-3-6-13-7-4-11/h1-8H,9H2,(H,15,16). The molecule has 0 fully saturated rings. The van der Waals surface area contributed by atoms with Gasteiger partial charge in [-0.3, -0.25) is 14.8 Å². The second kappa shape index (κ2) is 6.00. The molecule has 0 radical (unpaired) electrons. The number of carbonyl (C=O) groups excluding carboxylic acids is 1. The molecule has 0 spiro atoms. The molecule has 0 aliphatic heterocycles. The molecular weight excluding hydrogens is 234 g/mol. The zero-order chi connectivity index (χ0) is 11.9. The molecule has 4 nitrogen and oxygen atoms in total. The SMILES string of the molecule is O=C(NCSc1ccncc1)c1cccnc1. The first-order valence-corrected chi connectivity index (χ1v) is 6.06. The van der Waals surface area contributed by atoms with E-state index in [4.69, 9.17) is 0 Å². The van der Waals surface area contributed by atoms with Crippen LogP contribution in [0.3, 0.4) is 0 Å². The summed E-state index contributed by atoms with van der Waals surface area (Å²) in [6.07, 6.45) is 6.64. The lowest BCUT2D eigenvalue weighted by molar-refractivity contribution is 0.0960. The third-order valence-electron chi connectivity index (χ3n) is 2.05. The van der Waals surface area contributed by atoms with Crippen LogP contribution in [0.2, 0.25) is 0 Å². The average Bonchev–Trinajstić information content (AvgIpc) is 2.41. The maximum Gasteiger partial charge on any atom is 0.253 e. The minimum atomic E-state index is -0.111. The van der Waals surface area contributed by atoms with Crippen LogP contribution in [-0.2, 0) is 0 Å². The van der Waals surface area contributed by atoms with Gasteiger partial charge >= 0.3 is 0 Å². The Bertz CT molecular complexity index is 476. The number of aromatic nitrogens is 2.